The van der Waals surface area contributed by atoms with Crippen LogP contribution in [0.4, 0.5) is 0 Å². The quantitative estimate of drug-likeness (QED) is 0.361. The van der Waals surface area contributed by atoms with Crippen molar-refractivity contribution in [2.75, 3.05) is 13.2 Å². The van der Waals surface area contributed by atoms with E-state index in [-0.39, 0.29) is 12.3 Å². The third kappa shape index (κ3) is 4.97. The predicted octanol–water partition coefficient (Wildman–Crippen LogP) is 1.38. The van der Waals surface area contributed by atoms with E-state index in [9.17, 15) is 10.2 Å². The average molecular weight is 288 g/mol. The largest absolute Gasteiger partial charge is 0.396 e. The maximum atomic E-state index is 9.98. The van der Waals surface area contributed by atoms with Crippen molar-refractivity contribution in [1.29, 1.82) is 0 Å². The molecule has 120 valence electrons. The summed E-state index contributed by atoms with van der Waals surface area (Å²) in [5.74, 6) is 0. The Bertz CT molecular complexity index is 246. The van der Waals surface area contributed by atoms with Gasteiger partial charge in [-0.1, -0.05) is 25.7 Å². The van der Waals surface area contributed by atoms with Crippen LogP contribution < -0.4 is 5.32 Å². The standard InChI is InChI=1S/C15H32N2O3/c1-13(19)17(14(2)20)15(9-5-6-10-15)16-11-7-3-4-8-12-18/h13-14,16,18-20H,3-12H2,1-2H3. The molecule has 1 saturated carbocycles. The molecule has 1 rings (SSSR count). The van der Waals surface area contributed by atoms with Gasteiger partial charge in [-0.15, -0.1) is 0 Å². The molecule has 2 unspecified atom stereocenters. The lowest BCUT2D eigenvalue weighted by Gasteiger charge is -2.45. The molecule has 1 aliphatic carbocycles. The minimum Gasteiger partial charge on any atom is -0.396 e. The van der Waals surface area contributed by atoms with Gasteiger partial charge < -0.3 is 15.3 Å². The number of unbranched alkanes of at least 4 members (excludes halogenated alkanes) is 3. The first-order valence-electron chi connectivity index (χ1n) is 8.04. The van der Waals surface area contributed by atoms with Crippen LogP contribution in [0.2, 0.25) is 0 Å². The molecule has 0 bridgehead atoms. The molecule has 0 spiro atoms. The van der Waals surface area contributed by atoms with Gasteiger partial charge in [0, 0.05) is 6.61 Å². The number of nitrogens with zero attached hydrogens (tertiary/aromatic N) is 1. The summed E-state index contributed by atoms with van der Waals surface area (Å²) in [7, 11) is 0. The molecule has 0 amide bonds. The van der Waals surface area contributed by atoms with Gasteiger partial charge in [-0.05, 0) is 46.1 Å². The Morgan fingerprint density at radius 2 is 1.55 bits per heavy atom. The molecule has 0 saturated heterocycles. The van der Waals surface area contributed by atoms with Gasteiger partial charge in [0.25, 0.3) is 0 Å². The van der Waals surface area contributed by atoms with Crippen LogP contribution in [-0.2, 0) is 0 Å². The molecule has 0 aromatic heterocycles. The lowest BCUT2D eigenvalue weighted by molar-refractivity contribution is -0.155. The maximum absolute atomic E-state index is 9.98. The van der Waals surface area contributed by atoms with Crippen LogP contribution in [0.1, 0.15) is 65.2 Å². The lowest BCUT2D eigenvalue weighted by Crippen LogP contribution is -2.63. The summed E-state index contributed by atoms with van der Waals surface area (Å²) in [6.45, 7) is 4.60. The maximum Gasteiger partial charge on any atom is 0.108 e. The van der Waals surface area contributed by atoms with Gasteiger partial charge in [-0.25, -0.2) is 4.90 Å². The zero-order valence-electron chi connectivity index (χ0n) is 13.0. The van der Waals surface area contributed by atoms with Gasteiger partial charge in [-0.3, -0.25) is 5.32 Å². The summed E-state index contributed by atoms with van der Waals surface area (Å²) in [5.41, 5.74) is -0.265. The van der Waals surface area contributed by atoms with Crippen molar-refractivity contribution in [3.63, 3.8) is 0 Å². The molecule has 0 radical (unpaired) electrons. The summed E-state index contributed by atoms with van der Waals surface area (Å²) in [6, 6.07) is 0. The molecule has 0 aromatic carbocycles. The van der Waals surface area contributed by atoms with E-state index >= 15 is 0 Å². The Morgan fingerprint density at radius 3 is 2.05 bits per heavy atom. The molecule has 20 heavy (non-hydrogen) atoms. The van der Waals surface area contributed by atoms with Crippen molar-refractivity contribution >= 4 is 0 Å². The summed E-state index contributed by atoms with van der Waals surface area (Å²) in [4.78, 5) is 1.80. The summed E-state index contributed by atoms with van der Waals surface area (Å²) < 4.78 is 0. The van der Waals surface area contributed by atoms with E-state index in [1.54, 1.807) is 18.7 Å². The van der Waals surface area contributed by atoms with Crippen LogP contribution in [-0.4, -0.2) is 51.5 Å². The highest BCUT2D eigenvalue weighted by atomic mass is 16.3. The molecule has 0 aliphatic heterocycles. The Morgan fingerprint density at radius 1 is 1.00 bits per heavy atom. The number of nitrogens with one attached hydrogen (secondary N) is 1. The molecule has 0 heterocycles. The molecular formula is C15H32N2O3. The minimum absolute atomic E-state index is 0.265. The topological polar surface area (TPSA) is 76.0 Å². The second-order valence-electron chi connectivity index (χ2n) is 5.97. The predicted molar refractivity (Wildman–Crippen MR) is 80.0 cm³/mol. The average Bonchev–Trinajstić information content (AvgIpc) is 2.82. The molecule has 5 nitrogen and oxygen atoms in total. The van der Waals surface area contributed by atoms with Crippen LogP contribution in [0, 0.1) is 0 Å². The van der Waals surface area contributed by atoms with E-state index < -0.39 is 12.5 Å². The van der Waals surface area contributed by atoms with Crippen LogP contribution in [0.3, 0.4) is 0 Å². The first kappa shape index (κ1) is 17.9. The van der Waals surface area contributed by atoms with E-state index in [1.807, 2.05) is 0 Å². The summed E-state index contributed by atoms with van der Waals surface area (Å²) >= 11 is 0. The zero-order valence-corrected chi connectivity index (χ0v) is 13.0. The van der Waals surface area contributed by atoms with Gasteiger partial charge in [0.1, 0.15) is 12.5 Å². The fraction of sp³-hybridized carbons (Fsp3) is 1.00. The molecule has 1 aliphatic rings. The Kier molecular flexibility index (Phi) is 7.99. The third-order valence-corrected chi connectivity index (χ3v) is 4.27. The zero-order chi connectivity index (χ0) is 15.0. The second-order valence-corrected chi connectivity index (χ2v) is 5.97. The summed E-state index contributed by atoms with van der Waals surface area (Å²) in [5, 5.41) is 32.3. The first-order chi connectivity index (χ1) is 9.53. The van der Waals surface area contributed by atoms with Gasteiger partial charge in [-0.2, -0.15) is 0 Å². The smallest absolute Gasteiger partial charge is 0.108 e. The lowest BCUT2D eigenvalue weighted by atomic mass is 10.0. The van der Waals surface area contributed by atoms with Crippen molar-refractivity contribution in [3.8, 4) is 0 Å². The first-order valence-corrected chi connectivity index (χ1v) is 8.04. The van der Waals surface area contributed by atoms with E-state index in [1.165, 1.54) is 0 Å². The van der Waals surface area contributed by atoms with Crippen LogP contribution in [0.15, 0.2) is 0 Å². The number of hydrogen-bond acceptors (Lipinski definition) is 5. The highest BCUT2D eigenvalue weighted by molar-refractivity contribution is 4.93. The minimum atomic E-state index is -0.657. The number of rotatable bonds is 10. The van der Waals surface area contributed by atoms with Gasteiger partial charge in [0.05, 0.1) is 5.66 Å². The van der Waals surface area contributed by atoms with Gasteiger partial charge in [0.2, 0.25) is 0 Å². The van der Waals surface area contributed by atoms with Crippen molar-refractivity contribution in [2.45, 2.75) is 83.3 Å². The number of hydrogen-bond donors (Lipinski definition) is 4. The Labute approximate surface area is 123 Å². The Balaban J connectivity index is 2.49. The highest BCUT2D eigenvalue weighted by Gasteiger charge is 2.42. The SMILES string of the molecule is CC(O)N(C(C)O)C1(NCCCCCCO)CCCC1. The molecule has 5 heteroatoms. The van der Waals surface area contributed by atoms with Crippen molar-refractivity contribution in [3.05, 3.63) is 0 Å². The van der Waals surface area contributed by atoms with E-state index in [0.29, 0.717) is 0 Å². The highest BCUT2D eigenvalue weighted by Crippen LogP contribution is 2.35. The fourth-order valence-electron chi connectivity index (χ4n) is 3.43. The van der Waals surface area contributed by atoms with Gasteiger partial charge >= 0.3 is 0 Å². The molecule has 2 atom stereocenters. The van der Waals surface area contributed by atoms with Gasteiger partial charge in [0.15, 0.2) is 0 Å². The summed E-state index contributed by atoms with van der Waals surface area (Å²) in [6.07, 6.45) is 6.99. The van der Waals surface area contributed by atoms with E-state index in [4.69, 9.17) is 5.11 Å². The van der Waals surface area contributed by atoms with Crippen molar-refractivity contribution in [1.82, 2.24) is 10.2 Å². The van der Waals surface area contributed by atoms with Crippen LogP contribution in [0.25, 0.3) is 0 Å². The second kappa shape index (κ2) is 8.95. The molecule has 1 fully saturated rings. The van der Waals surface area contributed by atoms with Crippen molar-refractivity contribution < 1.29 is 15.3 Å². The van der Waals surface area contributed by atoms with E-state index in [0.717, 1.165) is 57.9 Å². The monoisotopic (exact) mass is 288 g/mol. The van der Waals surface area contributed by atoms with Crippen LogP contribution in [0.5, 0.6) is 0 Å². The van der Waals surface area contributed by atoms with Crippen molar-refractivity contribution in [2.24, 2.45) is 0 Å². The fourth-order valence-corrected chi connectivity index (χ4v) is 3.43. The Hall–Kier alpha value is -0.200. The van der Waals surface area contributed by atoms with Crippen LogP contribution >= 0.6 is 0 Å². The number of aliphatic hydroxyl groups excluding tert-OH is 3. The third-order valence-electron chi connectivity index (χ3n) is 4.27. The number of aliphatic hydroxyl groups is 3. The normalized spacial score (nSPS) is 21.3. The molecule has 0 aromatic rings. The molecular weight excluding hydrogens is 256 g/mol. The molecule has 4 N–H and O–H groups in total. The van der Waals surface area contributed by atoms with E-state index in [2.05, 4.69) is 5.32 Å².